The first kappa shape index (κ1) is 17.8. The van der Waals surface area contributed by atoms with Crippen molar-refractivity contribution in [2.75, 3.05) is 26.7 Å². The maximum absolute atomic E-state index is 4.27. The minimum atomic E-state index is 0.817. The van der Waals surface area contributed by atoms with Gasteiger partial charge < -0.3 is 10.6 Å². The van der Waals surface area contributed by atoms with Crippen LogP contribution in [0.15, 0.2) is 29.3 Å². The zero-order valence-electron chi connectivity index (χ0n) is 14.8. The van der Waals surface area contributed by atoms with Crippen LogP contribution in [0.3, 0.4) is 0 Å². The molecule has 0 bridgehead atoms. The van der Waals surface area contributed by atoms with Gasteiger partial charge in [0.1, 0.15) is 0 Å². The van der Waals surface area contributed by atoms with Gasteiger partial charge in [-0.05, 0) is 43.5 Å². The Kier molecular flexibility index (Phi) is 7.95. The van der Waals surface area contributed by atoms with E-state index in [1.165, 1.54) is 56.3 Å². The highest BCUT2D eigenvalue weighted by atomic mass is 15.2. The van der Waals surface area contributed by atoms with Crippen molar-refractivity contribution < 1.29 is 0 Å². The Balaban J connectivity index is 1.71. The van der Waals surface area contributed by atoms with E-state index in [-0.39, 0.29) is 0 Å². The summed E-state index contributed by atoms with van der Waals surface area (Å²) in [7, 11) is 1.83. The number of guanidine groups is 1. The second-order valence-electron chi connectivity index (χ2n) is 6.36. The van der Waals surface area contributed by atoms with Crippen LogP contribution in [0.25, 0.3) is 0 Å². The number of aliphatic imine (C=N–C) groups is 1. The number of likely N-dealkylation sites (tertiary alicyclic amines) is 1. The van der Waals surface area contributed by atoms with Gasteiger partial charge in [0, 0.05) is 26.7 Å². The maximum Gasteiger partial charge on any atom is 0.191 e. The zero-order chi connectivity index (χ0) is 16.3. The summed E-state index contributed by atoms with van der Waals surface area (Å²) < 4.78 is 0. The second-order valence-corrected chi connectivity index (χ2v) is 6.36. The summed E-state index contributed by atoms with van der Waals surface area (Å²) in [5.74, 6) is 0.891. The molecule has 0 amide bonds. The molecule has 0 atom stereocenters. The molecule has 2 N–H and O–H groups in total. The first-order valence-electron chi connectivity index (χ1n) is 9.06. The predicted molar refractivity (Wildman–Crippen MR) is 98.7 cm³/mol. The van der Waals surface area contributed by atoms with E-state index in [0.717, 1.165) is 25.6 Å². The molecule has 0 saturated carbocycles. The van der Waals surface area contributed by atoms with Crippen LogP contribution in [0.2, 0.25) is 0 Å². The molecule has 1 aromatic carbocycles. The molecule has 1 aliphatic rings. The van der Waals surface area contributed by atoms with E-state index in [9.17, 15) is 0 Å². The number of rotatable bonds is 8. The molecule has 0 radical (unpaired) electrons. The summed E-state index contributed by atoms with van der Waals surface area (Å²) >= 11 is 0. The third-order valence-corrected chi connectivity index (χ3v) is 4.38. The van der Waals surface area contributed by atoms with Crippen molar-refractivity contribution in [3.8, 4) is 0 Å². The molecule has 4 heteroatoms. The Bertz CT molecular complexity index is 461. The number of benzene rings is 1. The Labute approximate surface area is 141 Å². The van der Waals surface area contributed by atoms with Gasteiger partial charge in [0.15, 0.2) is 5.96 Å². The quantitative estimate of drug-likeness (QED) is 0.440. The average molecular weight is 316 g/mol. The zero-order valence-corrected chi connectivity index (χ0v) is 14.8. The van der Waals surface area contributed by atoms with Crippen LogP contribution in [0.1, 0.15) is 50.2 Å². The van der Waals surface area contributed by atoms with Crippen LogP contribution in [-0.4, -0.2) is 37.5 Å². The molecule has 1 aromatic rings. The lowest BCUT2D eigenvalue weighted by Gasteiger charge is -2.15. The minimum absolute atomic E-state index is 0.817. The topological polar surface area (TPSA) is 39.7 Å². The van der Waals surface area contributed by atoms with E-state index in [2.05, 4.69) is 51.7 Å². The normalized spacial score (nSPS) is 15.8. The van der Waals surface area contributed by atoms with Crippen LogP contribution >= 0.6 is 0 Å². The second kappa shape index (κ2) is 10.3. The van der Waals surface area contributed by atoms with Crippen molar-refractivity contribution in [3.05, 3.63) is 35.4 Å². The van der Waals surface area contributed by atoms with Gasteiger partial charge in [-0.3, -0.25) is 9.89 Å². The molecule has 0 aromatic heterocycles. The molecule has 1 aliphatic heterocycles. The molecule has 2 rings (SSSR count). The molecule has 0 spiro atoms. The van der Waals surface area contributed by atoms with Crippen molar-refractivity contribution in [1.29, 1.82) is 0 Å². The molecule has 4 nitrogen and oxygen atoms in total. The monoisotopic (exact) mass is 316 g/mol. The average Bonchev–Trinajstić information content (AvgIpc) is 3.08. The van der Waals surface area contributed by atoms with Crippen LogP contribution in [0.5, 0.6) is 0 Å². The SMILES string of the molecule is CCCCCNC(=NC)NCc1ccc(CN2CCCC2)cc1. The summed E-state index contributed by atoms with van der Waals surface area (Å²) in [5, 5.41) is 6.75. The number of nitrogens with one attached hydrogen (secondary N) is 2. The first-order valence-corrected chi connectivity index (χ1v) is 9.06. The molecule has 1 saturated heterocycles. The van der Waals surface area contributed by atoms with Gasteiger partial charge in [-0.15, -0.1) is 0 Å². The Morgan fingerprint density at radius 2 is 1.74 bits per heavy atom. The van der Waals surface area contributed by atoms with E-state index >= 15 is 0 Å². The summed E-state index contributed by atoms with van der Waals surface area (Å²) in [5.41, 5.74) is 2.71. The third kappa shape index (κ3) is 6.61. The van der Waals surface area contributed by atoms with Gasteiger partial charge in [0.05, 0.1) is 0 Å². The molecule has 1 heterocycles. The van der Waals surface area contributed by atoms with Gasteiger partial charge in [-0.1, -0.05) is 44.0 Å². The smallest absolute Gasteiger partial charge is 0.191 e. The first-order chi connectivity index (χ1) is 11.3. The maximum atomic E-state index is 4.27. The molecule has 23 heavy (non-hydrogen) atoms. The molecule has 128 valence electrons. The van der Waals surface area contributed by atoms with Crippen molar-refractivity contribution in [2.24, 2.45) is 4.99 Å². The van der Waals surface area contributed by atoms with Crippen molar-refractivity contribution in [2.45, 2.75) is 52.1 Å². The largest absolute Gasteiger partial charge is 0.356 e. The van der Waals surface area contributed by atoms with Crippen molar-refractivity contribution in [1.82, 2.24) is 15.5 Å². The number of hydrogen-bond donors (Lipinski definition) is 2. The molecular formula is C19H32N4. The van der Waals surface area contributed by atoms with E-state index in [0.29, 0.717) is 0 Å². The van der Waals surface area contributed by atoms with Crippen LogP contribution in [0, 0.1) is 0 Å². The lowest BCUT2D eigenvalue weighted by molar-refractivity contribution is 0.331. The summed E-state index contributed by atoms with van der Waals surface area (Å²) in [4.78, 5) is 6.81. The fraction of sp³-hybridized carbons (Fsp3) is 0.632. The fourth-order valence-electron chi connectivity index (χ4n) is 2.95. The lowest BCUT2D eigenvalue weighted by Crippen LogP contribution is -2.37. The highest BCUT2D eigenvalue weighted by Gasteiger charge is 2.11. The van der Waals surface area contributed by atoms with E-state index < -0.39 is 0 Å². The van der Waals surface area contributed by atoms with Crippen LogP contribution in [-0.2, 0) is 13.1 Å². The molecule has 0 unspecified atom stereocenters. The molecular weight excluding hydrogens is 284 g/mol. The molecule has 1 fully saturated rings. The number of nitrogens with zero attached hydrogens (tertiary/aromatic N) is 2. The van der Waals surface area contributed by atoms with Gasteiger partial charge in [0.25, 0.3) is 0 Å². The van der Waals surface area contributed by atoms with E-state index in [1.807, 2.05) is 7.05 Å². The third-order valence-electron chi connectivity index (χ3n) is 4.38. The number of unbranched alkanes of at least 4 members (excludes halogenated alkanes) is 2. The highest BCUT2D eigenvalue weighted by molar-refractivity contribution is 5.79. The van der Waals surface area contributed by atoms with Gasteiger partial charge in [-0.2, -0.15) is 0 Å². The van der Waals surface area contributed by atoms with E-state index in [4.69, 9.17) is 0 Å². The van der Waals surface area contributed by atoms with Crippen molar-refractivity contribution >= 4 is 5.96 Å². The Morgan fingerprint density at radius 3 is 2.39 bits per heavy atom. The van der Waals surface area contributed by atoms with E-state index in [1.54, 1.807) is 0 Å². The number of hydrogen-bond acceptors (Lipinski definition) is 2. The van der Waals surface area contributed by atoms with Gasteiger partial charge in [0.2, 0.25) is 0 Å². The van der Waals surface area contributed by atoms with Crippen LogP contribution in [0.4, 0.5) is 0 Å². The standard InChI is InChI=1S/C19H32N4/c1-3-4-5-12-21-19(20-2)22-15-17-8-10-18(11-9-17)16-23-13-6-7-14-23/h8-11H,3-7,12-16H2,1-2H3,(H2,20,21,22). The summed E-state index contributed by atoms with van der Waals surface area (Å²) in [6.07, 6.45) is 6.42. The predicted octanol–water partition coefficient (Wildman–Crippen LogP) is 3.14. The van der Waals surface area contributed by atoms with Crippen molar-refractivity contribution in [3.63, 3.8) is 0 Å². The fourth-order valence-corrected chi connectivity index (χ4v) is 2.95. The van der Waals surface area contributed by atoms with Gasteiger partial charge >= 0.3 is 0 Å². The minimum Gasteiger partial charge on any atom is -0.356 e. The highest BCUT2D eigenvalue weighted by Crippen LogP contribution is 2.13. The molecule has 0 aliphatic carbocycles. The Hall–Kier alpha value is -1.55. The van der Waals surface area contributed by atoms with Gasteiger partial charge in [-0.25, -0.2) is 0 Å². The lowest BCUT2D eigenvalue weighted by atomic mass is 10.1. The Morgan fingerprint density at radius 1 is 1.04 bits per heavy atom. The summed E-state index contributed by atoms with van der Waals surface area (Å²) in [6, 6.07) is 8.96. The summed E-state index contributed by atoms with van der Waals surface area (Å²) in [6.45, 7) is 7.63. The van der Waals surface area contributed by atoms with Crippen LogP contribution < -0.4 is 10.6 Å².